The molecule has 1 heterocycles. The number of rotatable bonds is 3. The molecule has 1 aromatic carbocycles. The van der Waals surface area contributed by atoms with Gasteiger partial charge in [-0.1, -0.05) is 12.1 Å². The summed E-state index contributed by atoms with van der Waals surface area (Å²) in [4.78, 5) is 0.563. The van der Waals surface area contributed by atoms with Gasteiger partial charge in [-0.3, -0.25) is 4.21 Å². The van der Waals surface area contributed by atoms with Crippen LogP contribution in [0.5, 0.6) is 5.75 Å². The molecule has 0 spiro atoms. The number of nitrogens with one attached hydrogen (secondary N) is 1. The molecule has 0 bridgehead atoms. The quantitative estimate of drug-likeness (QED) is 0.840. The first-order valence-electron chi connectivity index (χ1n) is 5.64. The molecule has 4 heteroatoms. The predicted octanol–water partition coefficient (Wildman–Crippen LogP) is 1.50. The molecule has 1 aliphatic heterocycles. The van der Waals surface area contributed by atoms with Gasteiger partial charge in [-0.25, -0.2) is 0 Å². The van der Waals surface area contributed by atoms with E-state index in [0.29, 0.717) is 16.6 Å². The van der Waals surface area contributed by atoms with Crippen LogP contribution in [0, 0.1) is 5.92 Å². The highest BCUT2D eigenvalue weighted by Gasteiger charge is 2.18. The number of hydrogen-bond acceptors (Lipinski definition) is 3. The van der Waals surface area contributed by atoms with E-state index in [4.69, 9.17) is 0 Å². The van der Waals surface area contributed by atoms with Crippen LogP contribution in [0.25, 0.3) is 0 Å². The lowest BCUT2D eigenvalue weighted by Crippen LogP contribution is -2.32. The molecule has 0 saturated carbocycles. The van der Waals surface area contributed by atoms with Crippen LogP contribution in [0.15, 0.2) is 29.2 Å². The molecule has 2 N–H and O–H groups in total. The van der Waals surface area contributed by atoms with Crippen LogP contribution in [0.2, 0.25) is 0 Å². The first-order chi connectivity index (χ1) is 7.77. The Morgan fingerprint density at radius 1 is 1.44 bits per heavy atom. The molecule has 1 fully saturated rings. The monoisotopic (exact) mass is 239 g/mol. The molecule has 1 saturated heterocycles. The molecule has 1 aromatic rings. The highest BCUT2D eigenvalue weighted by Crippen LogP contribution is 2.22. The lowest BCUT2D eigenvalue weighted by atomic mass is 10.0. The van der Waals surface area contributed by atoms with Crippen molar-refractivity contribution < 1.29 is 9.32 Å². The molecule has 1 aliphatic rings. The fourth-order valence-corrected chi connectivity index (χ4v) is 3.44. The molecular formula is C12H17NO2S. The van der Waals surface area contributed by atoms with E-state index in [-0.39, 0.29) is 5.75 Å². The third kappa shape index (κ3) is 2.83. The minimum absolute atomic E-state index is 0.143. The van der Waals surface area contributed by atoms with Crippen LogP contribution in [0.1, 0.15) is 12.8 Å². The Labute approximate surface area is 98.3 Å². The second-order valence-corrected chi connectivity index (χ2v) is 5.66. The Balaban J connectivity index is 2.00. The number of phenolic OH excluding ortho intramolecular Hbond substituents is 1. The van der Waals surface area contributed by atoms with Gasteiger partial charge in [0.05, 0.1) is 15.7 Å². The van der Waals surface area contributed by atoms with Gasteiger partial charge in [0.25, 0.3) is 0 Å². The maximum Gasteiger partial charge on any atom is 0.131 e. The molecule has 2 rings (SSSR count). The Morgan fingerprint density at radius 3 is 2.94 bits per heavy atom. The van der Waals surface area contributed by atoms with Crippen molar-refractivity contribution in [3.05, 3.63) is 24.3 Å². The van der Waals surface area contributed by atoms with Gasteiger partial charge in [-0.15, -0.1) is 0 Å². The zero-order valence-corrected chi connectivity index (χ0v) is 10.0. The Morgan fingerprint density at radius 2 is 2.25 bits per heavy atom. The largest absolute Gasteiger partial charge is 0.507 e. The van der Waals surface area contributed by atoms with E-state index in [9.17, 15) is 9.32 Å². The third-order valence-corrected chi connectivity index (χ3v) is 4.51. The van der Waals surface area contributed by atoms with Crippen molar-refractivity contribution in [1.82, 2.24) is 5.32 Å². The summed E-state index contributed by atoms with van der Waals surface area (Å²) in [6, 6.07) is 6.89. The summed E-state index contributed by atoms with van der Waals surface area (Å²) in [5, 5.41) is 12.9. The van der Waals surface area contributed by atoms with E-state index in [1.807, 2.05) is 6.07 Å². The van der Waals surface area contributed by atoms with Crippen LogP contribution in [0.3, 0.4) is 0 Å². The molecule has 0 radical (unpaired) electrons. The van der Waals surface area contributed by atoms with Gasteiger partial charge in [0.15, 0.2) is 0 Å². The van der Waals surface area contributed by atoms with Crippen molar-refractivity contribution in [3.8, 4) is 5.75 Å². The molecule has 0 aliphatic carbocycles. The minimum Gasteiger partial charge on any atom is -0.507 e. The minimum atomic E-state index is -1.08. The van der Waals surface area contributed by atoms with Crippen molar-refractivity contribution >= 4 is 10.8 Å². The summed E-state index contributed by atoms with van der Waals surface area (Å²) < 4.78 is 12.1. The van der Waals surface area contributed by atoms with E-state index < -0.39 is 10.8 Å². The van der Waals surface area contributed by atoms with Crippen LogP contribution in [-0.2, 0) is 10.8 Å². The second-order valence-electron chi connectivity index (χ2n) is 4.19. The number of phenols is 1. The van der Waals surface area contributed by atoms with E-state index in [1.165, 1.54) is 0 Å². The summed E-state index contributed by atoms with van der Waals surface area (Å²) in [6.45, 7) is 2.01. The van der Waals surface area contributed by atoms with Gasteiger partial charge in [-0.05, 0) is 44.0 Å². The highest BCUT2D eigenvalue weighted by atomic mass is 32.2. The molecule has 2 atom stereocenters. The van der Waals surface area contributed by atoms with Gasteiger partial charge < -0.3 is 10.4 Å². The van der Waals surface area contributed by atoms with Gasteiger partial charge in [0.2, 0.25) is 0 Å². The Hall–Kier alpha value is -0.870. The van der Waals surface area contributed by atoms with Crippen LogP contribution < -0.4 is 5.32 Å². The van der Waals surface area contributed by atoms with Crippen molar-refractivity contribution in [1.29, 1.82) is 0 Å². The number of para-hydroxylation sites is 1. The van der Waals surface area contributed by atoms with Gasteiger partial charge in [-0.2, -0.15) is 0 Å². The number of aromatic hydroxyl groups is 1. The molecule has 0 amide bonds. The van der Waals surface area contributed by atoms with Crippen molar-refractivity contribution in [2.75, 3.05) is 18.8 Å². The molecule has 16 heavy (non-hydrogen) atoms. The fraction of sp³-hybridized carbons (Fsp3) is 0.500. The van der Waals surface area contributed by atoms with E-state index in [2.05, 4.69) is 5.32 Å². The summed E-state index contributed by atoms with van der Waals surface area (Å²) in [7, 11) is -1.08. The van der Waals surface area contributed by atoms with Crippen molar-refractivity contribution in [2.24, 2.45) is 5.92 Å². The van der Waals surface area contributed by atoms with E-state index >= 15 is 0 Å². The number of hydrogen-bond donors (Lipinski definition) is 2. The molecule has 0 aromatic heterocycles. The molecule has 3 nitrogen and oxygen atoms in total. The third-order valence-electron chi connectivity index (χ3n) is 2.90. The maximum atomic E-state index is 12.1. The van der Waals surface area contributed by atoms with Crippen LogP contribution in [0.4, 0.5) is 0 Å². The Kier molecular flexibility index (Phi) is 3.96. The second kappa shape index (κ2) is 5.46. The summed E-state index contributed by atoms with van der Waals surface area (Å²) in [6.07, 6.45) is 2.29. The summed E-state index contributed by atoms with van der Waals surface area (Å²) in [5.41, 5.74) is 0. The first kappa shape index (κ1) is 11.6. The molecule has 2 unspecified atom stereocenters. The fourth-order valence-electron chi connectivity index (χ4n) is 2.02. The average Bonchev–Trinajstić information content (AvgIpc) is 2.31. The van der Waals surface area contributed by atoms with Gasteiger partial charge >= 0.3 is 0 Å². The zero-order valence-electron chi connectivity index (χ0n) is 9.19. The molecule has 88 valence electrons. The predicted molar refractivity (Wildman–Crippen MR) is 65.0 cm³/mol. The topological polar surface area (TPSA) is 49.3 Å². The highest BCUT2D eigenvalue weighted by molar-refractivity contribution is 7.85. The average molecular weight is 239 g/mol. The number of benzene rings is 1. The normalized spacial score (nSPS) is 22.9. The first-order valence-corrected chi connectivity index (χ1v) is 6.96. The van der Waals surface area contributed by atoms with Crippen molar-refractivity contribution in [3.63, 3.8) is 0 Å². The smallest absolute Gasteiger partial charge is 0.131 e. The van der Waals surface area contributed by atoms with E-state index in [0.717, 1.165) is 25.9 Å². The van der Waals surface area contributed by atoms with Crippen molar-refractivity contribution in [2.45, 2.75) is 17.7 Å². The Bertz CT molecular complexity index is 375. The van der Waals surface area contributed by atoms with Crippen LogP contribution in [-0.4, -0.2) is 28.2 Å². The molecular weight excluding hydrogens is 222 g/mol. The standard InChI is InChI=1S/C12H17NO2S/c14-11-5-1-2-6-12(11)16(15)9-10-4-3-7-13-8-10/h1-2,5-6,10,13-14H,3-4,7-9H2. The zero-order chi connectivity index (χ0) is 11.4. The lowest BCUT2D eigenvalue weighted by Gasteiger charge is -2.22. The van der Waals surface area contributed by atoms with Gasteiger partial charge in [0.1, 0.15) is 5.75 Å². The van der Waals surface area contributed by atoms with Gasteiger partial charge in [0, 0.05) is 5.75 Å². The lowest BCUT2D eigenvalue weighted by molar-refractivity contribution is 0.407. The van der Waals surface area contributed by atoms with Crippen LogP contribution >= 0.6 is 0 Å². The number of piperidine rings is 1. The SMILES string of the molecule is O=S(CC1CCCNC1)c1ccccc1O. The maximum absolute atomic E-state index is 12.1. The van der Waals surface area contributed by atoms with E-state index in [1.54, 1.807) is 18.2 Å². The summed E-state index contributed by atoms with van der Waals surface area (Å²) in [5.74, 6) is 1.25. The summed E-state index contributed by atoms with van der Waals surface area (Å²) >= 11 is 0.